The van der Waals surface area contributed by atoms with E-state index in [0.29, 0.717) is 0 Å². The molecule has 0 fully saturated rings. The SMILES string of the molecule is C1=CCC=C(c2cc(-c3ccccc3)cc(N(c3ccc(-c4ccccc4)cc3)c3ccc(-c4ccc5oc6ccccc6c5c4)cc3)c2)C=C1. The lowest BCUT2D eigenvalue weighted by molar-refractivity contribution is 0.669. The molecule has 0 amide bonds. The highest BCUT2D eigenvalue weighted by molar-refractivity contribution is 6.06. The molecule has 0 saturated heterocycles. The molecule has 2 nitrogen and oxygen atoms in total. The number of furan rings is 1. The monoisotopic (exact) mass is 653 g/mol. The molecule has 0 aliphatic heterocycles. The number of para-hydroxylation sites is 1. The second-order valence-electron chi connectivity index (χ2n) is 12.9. The topological polar surface area (TPSA) is 16.4 Å². The third kappa shape index (κ3) is 6.09. The Kier molecular flexibility index (Phi) is 7.96. The largest absolute Gasteiger partial charge is 0.456 e. The van der Waals surface area contributed by atoms with Gasteiger partial charge in [0.1, 0.15) is 11.2 Å². The summed E-state index contributed by atoms with van der Waals surface area (Å²) in [6, 6.07) is 60.8. The van der Waals surface area contributed by atoms with E-state index >= 15 is 0 Å². The van der Waals surface area contributed by atoms with Gasteiger partial charge in [-0.25, -0.2) is 0 Å². The summed E-state index contributed by atoms with van der Waals surface area (Å²) in [7, 11) is 0. The van der Waals surface area contributed by atoms with Crippen LogP contribution in [-0.4, -0.2) is 0 Å². The quantitative estimate of drug-likeness (QED) is 0.170. The molecular formula is C49H35NO. The molecule has 0 atom stereocenters. The molecule has 0 radical (unpaired) electrons. The number of allylic oxidation sites excluding steroid dienone is 6. The van der Waals surface area contributed by atoms with Crippen molar-refractivity contribution < 1.29 is 4.42 Å². The van der Waals surface area contributed by atoms with Crippen molar-refractivity contribution in [3.63, 3.8) is 0 Å². The molecule has 1 heterocycles. The number of fused-ring (bicyclic) bond motifs is 3. The molecule has 9 rings (SSSR count). The highest BCUT2D eigenvalue weighted by Gasteiger charge is 2.17. The third-order valence-corrected chi connectivity index (χ3v) is 9.68. The second kappa shape index (κ2) is 13.3. The summed E-state index contributed by atoms with van der Waals surface area (Å²) in [5, 5.41) is 2.27. The molecular weight excluding hydrogens is 619 g/mol. The van der Waals surface area contributed by atoms with Gasteiger partial charge in [-0.1, -0.05) is 140 Å². The number of anilines is 3. The molecule has 0 N–H and O–H groups in total. The van der Waals surface area contributed by atoms with E-state index in [1.807, 2.05) is 12.1 Å². The molecule has 1 aliphatic carbocycles. The molecule has 7 aromatic carbocycles. The minimum Gasteiger partial charge on any atom is -0.456 e. The summed E-state index contributed by atoms with van der Waals surface area (Å²) in [5.41, 5.74) is 14.6. The number of benzene rings is 7. The van der Waals surface area contributed by atoms with Gasteiger partial charge in [-0.05, 0) is 112 Å². The Morgan fingerprint density at radius 3 is 1.69 bits per heavy atom. The smallest absolute Gasteiger partial charge is 0.135 e. The lowest BCUT2D eigenvalue weighted by atomic mass is 9.96. The van der Waals surface area contributed by atoms with E-state index in [9.17, 15) is 0 Å². The van der Waals surface area contributed by atoms with Crippen LogP contribution in [0.15, 0.2) is 205 Å². The van der Waals surface area contributed by atoms with E-state index in [2.05, 4.69) is 193 Å². The molecule has 8 aromatic rings. The average molecular weight is 654 g/mol. The Balaban J connectivity index is 1.17. The molecule has 0 bridgehead atoms. The van der Waals surface area contributed by atoms with Gasteiger partial charge in [0.2, 0.25) is 0 Å². The van der Waals surface area contributed by atoms with Crippen molar-refractivity contribution in [2.24, 2.45) is 0 Å². The van der Waals surface area contributed by atoms with Crippen LogP contribution in [0.4, 0.5) is 17.1 Å². The molecule has 242 valence electrons. The molecule has 0 unspecified atom stereocenters. The fraction of sp³-hybridized carbons (Fsp3) is 0.0204. The van der Waals surface area contributed by atoms with Crippen LogP contribution in [-0.2, 0) is 0 Å². The molecule has 2 heteroatoms. The molecule has 51 heavy (non-hydrogen) atoms. The van der Waals surface area contributed by atoms with Crippen molar-refractivity contribution in [1.29, 1.82) is 0 Å². The van der Waals surface area contributed by atoms with Gasteiger partial charge in [0.15, 0.2) is 0 Å². The third-order valence-electron chi connectivity index (χ3n) is 9.68. The van der Waals surface area contributed by atoms with E-state index in [4.69, 9.17) is 4.42 Å². The van der Waals surface area contributed by atoms with Crippen LogP contribution in [0.1, 0.15) is 12.0 Å². The van der Waals surface area contributed by atoms with E-state index in [1.54, 1.807) is 0 Å². The molecule has 1 aromatic heterocycles. The van der Waals surface area contributed by atoms with Crippen molar-refractivity contribution in [2.75, 3.05) is 4.90 Å². The van der Waals surface area contributed by atoms with Gasteiger partial charge in [-0.3, -0.25) is 0 Å². The number of hydrogen-bond acceptors (Lipinski definition) is 2. The maximum absolute atomic E-state index is 6.11. The van der Waals surface area contributed by atoms with E-state index in [1.165, 1.54) is 33.4 Å². The zero-order valence-electron chi connectivity index (χ0n) is 28.1. The van der Waals surface area contributed by atoms with Crippen LogP contribution in [0, 0.1) is 0 Å². The van der Waals surface area contributed by atoms with E-state index in [0.717, 1.165) is 56.5 Å². The standard InChI is InChI=1S/C49H35NO/c1-2-6-16-36(15-5-1)41-31-42(37-17-9-4-10-18-37)33-45(32-41)50(43-26-21-38(22-27-43)35-13-7-3-8-14-35)44-28-23-39(24-29-44)40-25-30-49-47(34-40)46-19-11-12-20-48(46)51-49/h1-5,7-34H,6H2. The highest BCUT2D eigenvalue weighted by Crippen LogP contribution is 2.41. The van der Waals surface area contributed by atoms with Crippen LogP contribution >= 0.6 is 0 Å². The summed E-state index contributed by atoms with van der Waals surface area (Å²) < 4.78 is 6.11. The van der Waals surface area contributed by atoms with Gasteiger partial charge >= 0.3 is 0 Å². The first-order valence-electron chi connectivity index (χ1n) is 17.5. The minimum absolute atomic E-state index is 0.903. The zero-order chi connectivity index (χ0) is 34.0. The van der Waals surface area contributed by atoms with Gasteiger partial charge in [0.25, 0.3) is 0 Å². The van der Waals surface area contributed by atoms with Gasteiger partial charge in [0, 0.05) is 27.8 Å². The van der Waals surface area contributed by atoms with E-state index in [-0.39, 0.29) is 0 Å². The van der Waals surface area contributed by atoms with Gasteiger partial charge in [-0.2, -0.15) is 0 Å². The number of rotatable bonds is 7. The summed E-state index contributed by atoms with van der Waals surface area (Å²) in [4.78, 5) is 2.38. The van der Waals surface area contributed by atoms with Crippen molar-refractivity contribution in [3.05, 3.63) is 206 Å². The molecule has 0 saturated carbocycles. The maximum Gasteiger partial charge on any atom is 0.135 e. The van der Waals surface area contributed by atoms with Crippen LogP contribution < -0.4 is 4.90 Å². The van der Waals surface area contributed by atoms with Crippen molar-refractivity contribution in [3.8, 4) is 33.4 Å². The summed E-state index contributed by atoms with van der Waals surface area (Å²) >= 11 is 0. The minimum atomic E-state index is 0.903. The normalized spacial score (nSPS) is 12.6. The number of hydrogen-bond donors (Lipinski definition) is 0. The Bertz CT molecular complexity index is 2570. The van der Waals surface area contributed by atoms with Crippen LogP contribution in [0.25, 0.3) is 60.9 Å². The zero-order valence-corrected chi connectivity index (χ0v) is 28.1. The fourth-order valence-corrected chi connectivity index (χ4v) is 7.09. The maximum atomic E-state index is 6.11. The average Bonchev–Trinajstić information content (AvgIpc) is 3.35. The van der Waals surface area contributed by atoms with Crippen LogP contribution in [0.2, 0.25) is 0 Å². The predicted molar refractivity (Wildman–Crippen MR) is 216 cm³/mol. The fourth-order valence-electron chi connectivity index (χ4n) is 7.09. The van der Waals surface area contributed by atoms with Crippen molar-refractivity contribution >= 4 is 44.6 Å². The van der Waals surface area contributed by atoms with Crippen molar-refractivity contribution in [2.45, 2.75) is 6.42 Å². The Morgan fingerprint density at radius 2 is 0.961 bits per heavy atom. The van der Waals surface area contributed by atoms with E-state index < -0.39 is 0 Å². The highest BCUT2D eigenvalue weighted by atomic mass is 16.3. The van der Waals surface area contributed by atoms with Gasteiger partial charge < -0.3 is 9.32 Å². The number of nitrogens with zero attached hydrogens (tertiary/aromatic N) is 1. The predicted octanol–water partition coefficient (Wildman–Crippen LogP) is 14.0. The first-order valence-corrected chi connectivity index (χ1v) is 17.5. The summed E-state index contributed by atoms with van der Waals surface area (Å²) in [6.07, 6.45) is 11.9. The summed E-state index contributed by atoms with van der Waals surface area (Å²) in [6.45, 7) is 0. The first-order chi connectivity index (χ1) is 25.3. The molecule has 1 aliphatic rings. The van der Waals surface area contributed by atoms with Gasteiger partial charge in [0.05, 0.1) is 0 Å². The Labute approximate surface area is 298 Å². The first kappa shape index (κ1) is 30.4. The molecule has 0 spiro atoms. The lowest BCUT2D eigenvalue weighted by Crippen LogP contribution is -2.10. The Hall–Kier alpha value is -6.64. The Morgan fingerprint density at radius 1 is 0.392 bits per heavy atom. The second-order valence-corrected chi connectivity index (χ2v) is 12.9. The lowest BCUT2D eigenvalue weighted by Gasteiger charge is -2.27. The summed E-state index contributed by atoms with van der Waals surface area (Å²) in [5.74, 6) is 0. The van der Waals surface area contributed by atoms with Crippen LogP contribution in [0.5, 0.6) is 0 Å². The van der Waals surface area contributed by atoms with Crippen molar-refractivity contribution in [1.82, 2.24) is 0 Å². The van der Waals surface area contributed by atoms with Gasteiger partial charge in [-0.15, -0.1) is 0 Å². The van der Waals surface area contributed by atoms with Crippen LogP contribution in [0.3, 0.4) is 0 Å².